The molecule has 15 atom stereocenters. The van der Waals surface area contributed by atoms with Crippen molar-refractivity contribution in [3.8, 4) is 0 Å². The Morgan fingerprint density at radius 1 is 0.608 bits per heavy atom. The van der Waals surface area contributed by atoms with E-state index in [1.54, 1.807) is 81.4 Å². The molecule has 45 heteroatoms. The molecule has 43 nitrogen and oxygen atoms in total. The van der Waals surface area contributed by atoms with Crippen LogP contribution in [0.5, 0.6) is 0 Å². The lowest BCUT2D eigenvalue weighted by Crippen LogP contribution is -2.63. The number of carboxylic acid groups (broad SMARTS) is 3. The van der Waals surface area contributed by atoms with Gasteiger partial charge in [0.15, 0.2) is 0 Å². The van der Waals surface area contributed by atoms with E-state index in [1.165, 1.54) is 74.0 Å². The number of primary amides is 1. The number of carboxylic acids is 3. The summed E-state index contributed by atoms with van der Waals surface area (Å²) in [5.74, 6) is -16.5. The lowest BCUT2D eigenvalue weighted by molar-refractivity contribution is -0.146. The summed E-state index contributed by atoms with van der Waals surface area (Å²) in [5, 5.41) is 95.1. The van der Waals surface area contributed by atoms with Crippen LogP contribution in [0.25, 0.3) is 10.1 Å². The number of nitrogens with one attached hydrogen (secondary N) is 15. The number of benzene rings is 4. The molecule has 2 bridgehead atoms. The van der Waals surface area contributed by atoms with Crippen LogP contribution in [0.2, 0.25) is 0 Å². The van der Waals surface area contributed by atoms with Crippen LogP contribution in [0.4, 0.5) is 9.59 Å². The molecule has 3 aliphatic heterocycles. The van der Waals surface area contributed by atoms with Gasteiger partial charge in [0.2, 0.25) is 83.2 Å². The van der Waals surface area contributed by atoms with E-state index in [2.05, 4.69) is 95.7 Å². The number of nitrogens with two attached hydrogens (primary N) is 1. The Labute approximate surface area is 871 Å². The number of carbonyl (C=O) groups is 19. The van der Waals surface area contributed by atoms with Gasteiger partial charge in [0.1, 0.15) is 84.0 Å². The number of allylic oxidation sites excluding steroid dienone is 3. The lowest BCUT2D eigenvalue weighted by atomic mass is 9.87. The Morgan fingerprint density at radius 3 is 1.86 bits per heavy atom. The minimum absolute atomic E-state index is 0.00401. The molecule has 3 aliphatic rings. The Kier molecular flexibility index (Phi) is 47.3. The topological polar surface area (TPSA) is 648 Å². The highest BCUT2D eigenvalue weighted by molar-refractivity contribution is 9.10. The molecule has 17 amide bonds. The molecular formula is C103H141BrN18O25S. The molecule has 4 heterocycles. The van der Waals surface area contributed by atoms with Crippen molar-refractivity contribution in [2.75, 3.05) is 32.8 Å². The summed E-state index contributed by atoms with van der Waals surface area (Å²) in [4.78, 5) is 266. The third-order valence-electron chi connectivity index (χ3n) is 25.5. The molecule has 2 unspecified atom stereocenters. The molecule has 1 spiro atoms. The normalized spacial score (nSPS) is 23.1. The third kappa shape index (κ3) is 38.8. The summed E-state index contributed by atoms with van der Waals surface area (Å²) >= 11 is 4.89. The van der Waals surface area contributed by atoms with Crippen molar-refractivity contribution in [3.05, 3.63) is 165 Å². The number of hydrogen-bond acceptors (Lipinski definition) is 24. The third-order valence-corrected chi connectivity index (χ3v) is 27.3. The highest BCUT2D eigenvalue weighted by atomic mass is 79.9. The number of cyclic esters (lactones) is 1. The van der Waals surface area contributed by atoms with E-state index in [-0.39, 0.29) is 121 Å². The number of halogens is 1. The van der Waals surface area contributed by atoms with Gasteiger partial charge in [-0.05, 0) is 200 Å². The molecule has 806 valence electrons. The van der Waals surface area contributed by atoms with E-state index in [9.17, 15) is 112 Å². The Hall–Kier alpha value is -13.8. The van der Waals surface area contributed by atoms with Crippen LogP contribution in [0, 0.1) is 5.41 Å². The molecule has 0 saturated carbocycles. The van der Waals surface area contributed by atoms with E-state index < -0.39 is 228 Å². The number of amides is 17. The minimum atomic E-state index is -2.12. The van der Waals surface area contributed by atoms with Gasteiger partial charge in [-0.3, -0.25) is 82.0 Å². The molecule has 8 rings (SSSR count). The molecule has 22 N–H and O–H groups in total. The van der Waals surface area contributed by atoms with Gasteiger partial charge in [0.25, 0.3) is 0 Å². The van der Waals surface area contributed by atoms with Crippen molar-refractivity contribution in [1.82, 2.24) is 89.6 Å². The van der Waals surface area contributed by atoms with Crippen LogP contribution in [0.15, 0.2) is 137 Å². The van der Waals surface area contributed by atoms with Crippen molar-refractivity contribution in [1.29, 1.82) is 0 Å². The highest BCUT2D eigenvalue weighted by Gasteiger charge is 2.50. The Balaban J connectivity index is 1.02. The van der Waals surface area contributed by atoms with Gasteiger partial charge in [0.05, 0.1) is 31.1 Å². The highest BCUT2D eigenvalue weighted by Crippen LogP contribution is 2.35. The van der Waals surface area contributed by atoms with Crippen LogP contribution in [-0.2, 0) is 107 Å². The first-order valence-corrected chi connectivity index (χ1v) is 51.4. The number of carbonyl (C=O) groups excluding carboxylic acids is 16. The molecule has 1 aromatic heterocycles. The number of thiophene rings is 1. The van der Waals surface area contributed by atoms with E-state index >= 15 is 4.79 Å². The van der Waals surface area contributed by atoms with E-state index in [1.807, 2.05) is 47.9 Å². The number of unbranched alkanes of at least 4 members (excludes halogenated alkanes) is 1. The number of aliphatic hydroxyl groups is 2. The van der Waals surface area contributed by atoms with E-state index in [0.29, 0.717) is 53.3 Å². The molecule has 4 aromatic carbocycles. The van der Waals surface area contributed by atoms with Crippen LogP contribution in [-0.4, -0.2) is 277 Å². The van der Waals surface area contributed by atoms with Gasteiger partial charge in [-0.25, -0.2) is 14.4 Å². The fraction of sp³-hybridized carbons (Fsp3) is 0.524. The van der Waals surface area contributed by atoms with E-state index in [0.717, 1.165) is 48.3 Å². The first-order valence-electron chi connectivity index (χ1n) is 49.7. The summed E-state index contributed by atoms with van der Waals surface area (Å²) in [6.45, 7) is 11.9. The zero-order chi connectivity index (χ0) is 109. The summed E-state index contributed by atoms with van der Waals surface area (Å²) in [6.07, 6.45) is 7.25. The van der Waals surface area contributed by atoms with Gasteiger partial charge in [-0.15, -0.1) is 11.3 Å². The van der Waals surface area contributed by atoms with Gasteiger partial charge in [-0.2, -0.15) is 0 Å². The van der Waals surface area contributed by atoms with Crippen LogP contribution < -0.4 is 85.5 Å². The molecular weight excluding hydrogens is 2000 g/mol. The summed E-state index contributed by atoms with van der Waals surface area (Å²) in [5.41, 5.74) is 2.82. The summed E-state index contributed by atoms with van der Waals surface area (Å²) in [7, 11) is 0. The van der Waals surface area contributed by atoms with Crippen LogP contribution in [0.1, 0.15) is 216 Å². The SMILES string of the molecule is CC(=O)N1CCC[C@]12C/C=C/CCCCCC/C=C\CCCOC(=O)N1CC[C@@H](C1)NC(=O)[C@H](CCCCNC(O)CC[C@H](NC(=O)[C@H](Cc1csc3ccccc13)NC(=O)[C@H](Cc1ccccc1Br)NC=O)C(=O)N[C@@H](C)C(N)=O)NC(=O)[C@H](Cc1ccccc1)NC(=O)[C@H](C)NC(=O)C(C)(C)NC(=O)[C@H](Cc1cccc(C(=O)O)c1)NC(=O)[C@H](CC(=O)O)NC(=O)NC(O)[C@H](CC(C)(C)C)NC(=O)[C@H](CC(=O)O)NC2=O. The van der Waals surface area contributed by atoms with Crippen molar-refractivity contribution < 1.29 is 121 Å². The fourth-order valence-corrected chi connectivity index (χ4v) is 18.8. The number of rotatable bonds is 32. The first kappa shape index (κ1) is 119. The number of aromatic carboxylic acids is 1. The number of ether oxygens (including phenoxy) is 1. The van der Waals surface area contributed by atoms with Crippen molar-refractivity contribution in [3.63, 3.8) is 0 Å². The predicted molar refractivity (Wildman–Crippen MR) is 550 cm³/mol. The maximum atomic E-state index is 15.1. The van der Waals surface area contributed by atoms with Crippen molar-refractivity contribution in [2.45, 2.75) is 306 Å². The molecule has 5 aromatic rings. The van der Waals surface area contributed by atoms with E-state index in [4.69, 9.17) is 10.5 Å². The zero-order valence-corrected chi connectivity index (χ0v) is 86.9. The predicted octanol–water partition coefficient (Wildman–Crippen LogP) is 4.11. The molecule has 0 radical (unpaired) electrons. The molecule has 0 aliphatic carbocycles. The summed E-state index contributed by atoms with van der Waals surface area (Å²) in [6, 6.07) is 8.85. The summed E-state index contributed by atoms with van der Waals surface area (Å²) < 4.78 is 7.22. The van der Waals surface area contributed by atoms with Crippen molar-refractivity contribution in [2.24, 2.45) is 11.1 Å². The average Bonchev–Trinajstić information content (AvgIpc) is 1.69. The Bertz CT molecular complexity index is 5530. The number of nitrogens with zero attached hydrogens (tertiary/aromatic N) is 2. The minimum Gasteiger partial charge on any atom is -0.481 e. The van der Waals surface area contributed by atoms with Crippen molar-refractivity contribution >= 4 is 151 Å². The molecule has 148 heavy (non-hydrogen) atoms. The fourth-order valence-electron chi connectivity index (χ4n) is 17.4. The second-order valence-corrected chi connectivity index (χ2v) is 40.9. The molecule has 2 saturated heterocycles. The monoisotopic (exact) mass is 2140 g/mol. The first-order chi connectivity index (χ1) is 70.2. The number of likely N-dealkylation sites (tertiary alicyclic amines) is 1. The Morgan fingerprint density at radius 2 is 1.20 bits per heavy atom. The lowest BCUT2D eigenvalue weighted by Gasteiger charge is -2.37. The van der Waals surface area contributed by atoms with Gasteiger partial charge < -0.3 is 120 Å². The number of fused-ring (bicyclic) bond motifs is 3. The zero-order valence-electron chi connectivity index (χ0n) is 84.5. The smallest absolute Gasteiger partial charge is 0.409 e. The van der Waals surface area contributed by atoms with Crippen LogP contribution in [0.3, 0.4) is 0 Å². The second kappa shape index (κ2) is 58.7. The maximum absolute atomic E-state index is 15.1. The number of aliphatic hydroxyl groups excluding tert-OH is 2. The largest absolute Gasteiger partial charge is 0.481 e. The quantitative estimate of drug-likeness (QED) is 0.0125. The standard InChI is InChI=1S/C103H141BrN18O25S/c1-61(85(105)130)108-87(132)73(112-91(136)77(54-68-59-148-81-40-25-23-37-70(68)81)115-89(134)74(107-60-123)53-66-35-22-24-38-71(66)104)41-42-82(125)106-46-28-26-39-72-88(133)110-69-43-48-121(58-69)100(146)147-49-29-18-16-14-12-10-9-11-13-15-17-27-44-103(45-31-47-122(103)63(3)124)98(144)117-78(55-83(126)127)92(137)116-80(57-101(4,5)6)94(139)119-99(145)118-79(56-84(128)129)93(138)114-76(52-65-34-30-36-67(50-65)96(141)142)95(140)120-102(7,8)97(143)109-62(2)86(131)113-75(90(135)111-72)51-64-32-20-19-21-33-64/h14,16-17,19-25,27,30,32-38,40,50,59-62,69,72-80,82,94,106,125,139H,9-13,15,18,26,28-29,31,39,41-49,51-58H2,1-8H3,(H2,105,130)(H,107,123)(H,108,132)(H,109,143)(H,110,133)(H,111,135)(H,112,136)(H,113,131)(H,114,138)(H,115,134)(H,116,137)(H,117,144)(H,120,140)(H,126,127)(H,128,129)(H,141,142)(H2,118,119,145)/b16-14-,27-17+/t61-,62-,69-,72-,73-,74-,75-,76-,77-,78-,79-,80-,82?,94?,103-/m0/s1. The average molecular weight is 2140 g/mol. The molecule has 2 fully saturated rings. The maximum Gasteiger partial charge on any atom is 0.409 e. The van der Waals surface area contributed by atoms with Gasteiger partial charge in [-0.1, -0.05) is 153 Å². The van der Waals surface area contributed by atoms with Gasteiger partial charge >= 0.3 is 30.0 Å². The number of hydrogen-bond donors (Lipinski definition) is 21. The van der Waals surface area contributed by atoms with Crippen LogP contribution >= 0.6 is 27.3 Å². The van der Waals surface area contributed by atoms with Gasteiger partial charge in [0, 0.05) is 67.5 Å². The number of urea groups is 1. The second-order valence-electron chi connectivity index (χ2n) is 39.1. The number of aliphatic carboxylic acids is 2.